The molecule has 0 saturated heterocycles. The summed E-state index contributed by atoms with van der Waals surface area (Å²) in [5.74, 6) is 1.42. The van der Waals surface area contributed by atoms with Crippen molar-refractivity contribution < 1.29 is 4.74 Å². The standard InChI is InChI=1S/C29H28N6O2/c1-18-14-19(2)26-22(15-18)16-24(29(36)30-26)27(34-13-12-21-6-4-5-7-25(21)34)28-31-32-33-35(28)17-20-8-10-23(37-3)11-9-20/h4-11,14-16,27H,12-13,17H2,1-3H3,(H,30,36)/t27-/m1/s1. The number of fused-ring (bicyclic) bond motifs is 2. The smallest absolute Gasteiger partial charge is 0.254 e. The number of rotatable bonds is 6. The second-order valence-corrected chi connectivity index (χ2v) is 9.62. The van der Waals surface area contributed by atoms with E-state index >= 15 is 0 Å². The summed E-state index contributed by atoms with van der Waals surface area (Å²) < 4.78 is 7.09. The molecule has 37 heavy (non-hydrogen) atoms. The summed E-state index contributed by atoms with van der Waals surface area (Å²) >= 11 is 0. The van der Waals surface area contributed by atoms with Gasteiger partial charge in [-0.2, -0.15) is 0 Å². The van der Waals surface area contributed by atoms with Crippen LogP contribution in [0.3, 0.4) is 0 Å². The maximum Gasteiger partial charge on any atom is 0.254 e. The van der Waals surface area contributed by atoms with Gasteiger partial charge in [-0.25, -0.2) is 4.68 Å². The Kier molecular flexibility index (Phi) is 5.71. The van der Waals surface area contributed by atoms with Crippen LogP contribution in [0.5, 0.6) is 5.75 Å². The Morgan fingerprint density at radius 3 is 2.68 bits per heavy atom. The summed E-state index contributed by atoms with van der Waals surface area (Å²) in [5, 5.41) is 13.9. The molecule has 2 aromatic heterocycles. The molecule has 0 aliphatic carbocycles. The molecule has 1 N–H and O–H groups in total. The SMILES string of the molecule is COc1ccc(Cn2nnnc2[C@@H](c2cc3cc(C)cc(C)c3[nH]c2=O)N2CCc3ccccc32)cc1. The zero-order chi connectivity index (χ0) is 25.5. The number of aryl methyl sites for hydroxylation is 2. The molecule has 6 rings (SSSR count). The molecule has 8 nitrogen and oxygen atoms in total. The average molecular weight is 493 g/mol. The summed E-state index contributed by atoms with van der Waals surface area (Å²) in [6, 6.07) is 21.9. The van der Waals surface area contributed by atoms with Crippen LogP contribution in [-0.4, -0.2) is 38.8 Å². The molecule has 3 aromatic carbocycles. The first-order valence-electron chi connectivity index (χ1n) is 12.4. The molecule has 1 aliphatic heterocycles. The number of nitrogens with zero attached hydrogens (tertiary/aromatic N) is 5. The number of para-hydroxylation sites is 1. The summed E-state index contributed by atoms with van der Waals surface area (Å²) in [5.41, 5.74) is 6.94. The van der Waals surface area contributed by atoms with E-state index in [1.807, 2.05) is 43.3 Å². The lowest BCUT2D eigenvalue weighted by Gasteiger charge is -2.29. The van der Waals surface area contributed by atoms with E-state index in [-0.39, 0.29) is 5.56 Å². The lowest BCUT2D eigenvalue weighted by atomic mass is 10.0. The van der Waals surface area contributed by atoms with Crippen molar-refractivity contribution in [3.63, 3.8) is 0 Å². The number of ether oxygens (including phenoxy) is 1. The van der Waals surface area contributed by atoms with Gasteiger partial charge in [-0.1, -0.05) is 42.0 Å². The molecule has 0 bridgehead atoms. The number of nitrogens with one attached hydrogen (secondary N) is 1. The normalized spacial score (nSPS) is 13.6. The van der Waals surface area contributed by atoms with Gasteiger partial charge in [-0.05, 0) is 83.1 Å². The van der Waals surface area contributed by atoms with Gasteiger partial charge >= 0.3 is 0 Å². The van der Waals surface area contributed by atoms with Crippen LogP contribution in [0.4, 0.5) is 5.69 Å². The lowest BCUT2D eigenvalue weighted by molar-refractivity contribution is 0.414. The molecule has 1 atom stereocenters. The first-order valence-corrected chi connectivity index (χ1v) is 12.4. The van der Waals surface area contributed by atoms with Gasteiger partial charge in [0, 0.05) is 17.8 Å². The molecule has 8 heteroatoms. The Labute approximate surface area is 214 Å². The van der Waals surface area contributed by atoms with Gasteiger partial charge in [-0.15, -0.1) is 5.10 Å². The predicted molar refractivity (Wildman–Crippen MR) is 143 cm³/mol. The van der Waals surface area contributed by atoms with E-state index in [2.05, 4.69) is 62.7 Å². The van der Waals surface area contributed by atoms with Crippen molar-refractivity contribution >= 4 is 16.6 Å². The number of aromatic amines is 1. The maximum absolute atomic E-state index is 13.6. The Hall–Kier alpha value is -4.46. The highest BCUT2D eigenvalue weighted by atomic mass is 16.5. The minimum Gasteiger partial charge on any atom is -0.497 e. The zero-order valence-corrected chi connectivity index (χ0v) is 21.1. The van der Waals surface area contributed by atoms with Crippen LogP contribution in [0.15, 0.2) is 71.5 Å². The Morgan fingerprint density at radius 1 is 1.05 bits per heavy atom. The molecule has 3 heterocycles. The van der Waals surface area contributed by atoms with Crippen molar-refractivity contribution in [2.75, 3.05) is 18.6 Å². The number of aromatic nitrogens is 5. The van der Waals surface area contributed by atoms with Gasteiger partial charge in [0.05, 0.1) is 19.2 Å². The third-order valence-electron chi connectivity index (χ3n) is 7.15. The number of tetrazole rings is 1. The van der Waals surface area contributed by atoms with Gasteiger partial charge in [0.1, 0.15) is 11.8 Å². The molecule has 5 aromatic rings. The average Bonchev–Trinajstić information content (AvgIpc) is 3.53. The lowest BCUT2D eigenvalue weighted by Crippen LogP contribution is -2.34. The second kappa shape index (κ2) is 9.20. The Bertz CT molecular complexity index is 1650. The van der Waals surface area contributed by atoms with Crippen molar-refractivity contribution in [1.29, 1.82) is 0 Å². The van der Waals surface area contributed by atoms with Crippen LogP contribution in [0.1, 0.15) is 39.7 Å². The number of hydrogen-bond donors (Lipinski definition) is 1. The van der Waals surface area contributed by atoms with E-state index in [1.165, 1.54) is 5.56 Å². The summed E-state index contributed by atoms with van der Waals surface area (Å²) in [6.45, 7) is 5.33. The minimum atomic E-state index is -0.453. The van der Waals surface area contributed by atoms with E-state index in [0.717, 1.165) is 52.0 Å². The van der Waals surface area contributed by atoms with Crippen LogP contribution in [0.2, 0.25) is 0 Å². The van der Waals surface area contributed by atoms with E-state index < -0.39 is 6.04 Å². The number of H-pyrrole nitrogens is 1. The third kappa shape index (κ3) is 4.14. The van der Waals surface area contributed by atoms with Crippen LogP contribution >= 0.6 is 0 Å². The van der Waals surface area contributed by atoms with Crippen molar-refractivity contribution in [2.24, 2.45) is 0 Å². The van der Waals surface area contributed by atoms with E-state index in [4.69, 9.17) is 4.74 Å². The van der Waals surface area contributed by atoms with Crippen molar-refractivity contribution in [3.05, 3.63) is 111 Å². The first-order chi connectivity index (χ1) is 18.0. The summed E-state index contributed by atoms with van der Waals surface area (Å²) in [4.78, 5) is 19.0. The van der Waals surface area contributed by atoms with Gasteiger partial charge in [0.15, 0.2) is 5.82 Å². The van der Waals surface area contributed by atoms with Crippen LogP contribution in [0.25, 0.3) is 10.9 Å². The number of methoxy groups -OCH3 is 1. The molecule has 0 saturated carbocycles. The highest BCUT2D eigenvalue weighted by Crippen LogP contribution is 2.37. The maximum atomic E-state index is 13.6. The third-order valence-corrected chi connectivity index (χ3v) is 7.15. The van der Waals surface area contributed by atoms with E-state index in [0.29, 0.717) is 17.9 Å². The van der Waals surface area contributed by atoms with Crippen LogP contribution in [0, 0.1) is 13.8 Å². The van der Waals surface area contributed by atoms with Gasteiger partial charge in [0.2, 0.25) is 0 Å². The number of anilines is 1. The summed E-state index contributed by atoms with van der Waals surface area (Å²) in [7, 11) is 1.65. The second-order valence-electron chi connectivity index (χ2n) is 9.62. The molecule has 0 unspecified atom stereocenters. The Morgan fingerprint density at radius 2 is 1.86 bits per heavy atom. The first kappa shape index (κ1) is 23.0. The molecule has 0 fully saturated rings. The van der Waals surface area contributed by atoms with Gasteiger partial charge in [0.25, 0.3) is 5.56 Å². The topological polar surface area (TPSA) is 88.9 Å². The van der Waals surface area contributed by atoms with Crippen molar-refractivity contribution in [1.82, 2.24) is 25.2 Å². The van der Waals surface area contributed by atoms with E-state index in [9.17, 15) is 4.79 Å². The van der Waals surface area contributed by atoms with Gasteiger partial charge < -0.3 is 14.6 Å². The predicted octanol–water partition coefficient (Wildman–Crippen LogP) is 4.34. The number of benzene rings is 3. The highest BCUT2D eigenvalue weighted by Gasteiger charge is 2.34. The quantitative estimate of drug-likeness (QED) is 0.379. The number of hydrogen-bond acceptors (Lipinski definition) is 6. The van der Waals surface area contributed by atoms with Crippen molar-refractivity contribution in [2.45, 2.75) is 32.9 Å². The fourth-order valence-corrected chi connectivity index (χ4v) is 5.41. The largest absolute Gasteiger partial charge is 0.497 e. The van der Waals surface area contributed by atoms with E-state index in [1.54, 1.807) is 11.8 Å². The molecule has 0 radical (unpaired) electrons. The molecule has 0 amide bonds. The highest BCUT2D eigenvalue weighted by molar-refractivity contribution is 5.83. The Balaban J connectivity index is 1.51. The minimum absolute atomic E-state index is 0.132. The molecule has 186 valence electrons. The monoisotopic (exact) mass is 492 g/mol. The zero-order valence-electron chi connectivity index (χ0n) is 21.1. The fourth-order valence-electron chi connectivity index (χ4n) is 5.41. The van der Waals surface area contributed by atoms with Crippen LogP contribution < -0.4 is 15.2 Å². The van der Waals surface area contributed by atoms with Gasteiger partial charge in [-0.3, -0.25) is 4.79 Å². The number of pyridine rings is 1. The fraction of sp³-hybridized carbons (Fsp3) is 0.241. The summed E-state index contributed by atoms with van der Waals surface area (Å²) in [6.07, 6.45) is 0.899. The molecule has 1 aliphatic rings. The van der Waals surface area contributed by atoms with Crippen LogP contribution in [-0.2, 0) is 13.0 Å². The molecule has 0 spiro atoms. The van der Waals surface area contributed by atoms with Crippen molar-refractivity contribution in [3.8, 4) is 5.75 Å². The molecular formula is C29H28N6O2. The molecular weight excluding hydrogens is 464 g/mol.